The van der Waals surface area contributed by atoms with Crippen LogP contribution >= 0.6 is 7.26 Å². The van der Waals surface area contributed by atoms with Crippen LogP contribution in [0.3, 0.4) is 0 Å². The number of amides is 2. The molecule has 4 aromatic rings. The number of nitrogens with zero attached hydrogens (tertiary/aromatic N) is 1. The van der Waals surface area contributed by atoms with Crippen molar-refractivity contribution in [2.45, 2.75) is 17.8 Å². The Bertz CT molecular complexity index is 1640. The lowest BCUT2D eigenvalue weighted by Crippen LogP contribution is -3.00. The molecule has 1 fully saturated rings. The van der Waals surface area contributed by atoms with Gasteiger partial charge in [-0.3, -0.25) is 18.7 Å². The normalized spacial score (nSPS) is 19.1. The molecule has 3 atom stereocenters. The highest BCUT2D eigenvalue weighted by molar-refractivity contribution is 7.96. The highest BCUT2D eigenvalue weighted by Crippen LogP contribution is 2.57. The summed E-state index contributed by atoms with van der Waals surface area (Å²) in [6, 6.07) is 38.7. The van der Waals surface area contributed by atoms with E-state index in [-0.39, 0.29) is 40.8 Å². The summed E-state index contributed by atoms with van der Waals surface area (Å²) >= 11 is 0. The van der Waals surface area contributed by atoms with E-state index in [0.29, 0.717) is 11.7 Å². The van der Waals surface area contributed by atoms with E-state index in [9.17, 15) is 18.6 Å². The summed E-state index contributed by atoms with van der Waals surface area (Å²) in [5.41, 5.74) is 1.54. The van der Waals surface area contributed by atoms with Crippen molar-refractivity contribution in [3.05, 3.63) is 138 Å². The molecule has 0 bridgehead atoms. The number of carbonyl (C=O) groups is 3. The molecule has 0 spiro atoms. The number of β-lactam (4-membered cyclic amide) rings is 1. The maximum atomic E-state index is 13.9. The van der Waals surface area contributed by atoms with Crippen molar-refractivity contribution in [2.24, 2.45) is 0 Å². The Hall–Kier alpha value is -3.91. The molecule has 1 N–H and O–H groups in total. The fourth-order valence-electron chi connectivity index (χ4n) is 6.12. The molecule has 230 valence electrons. The fraction of sp³-hybridized carbons (Fsp3) is 0.171. The first kappa shape index (κ1) is 32.5. The van der Waals surface area contributed by atoms with E-state index in [4.69, 9.17) is 4.74 Å². The summed E-state index contributed by atoms with van der Waals surface area (Å²) in [6.07, 6.45) is 0.482. The Kier molecular flexibility index (Phi) is 10.1. The van der Waals surface area contributed by atoms with Crippen LogP contribution in [0.15, 0.2) is 133 Å². The molecule has 1 saturated heterocycles. The lowest BCUT2D eigenvalue weighted by atomic mass is 10.0. The van der Waals surface area contributed by atoms with Gasteiger partial charge in [0, 0.05) is 5.57 Å². The van der Waals surface area contributed by atoms with Crippen LogP contribution in [0, 0.1) is 0 Å². The van der Waals surface area contributed by atoms with Crippen molar-refractivity contribution in [3.63, 3.8) is 0 Å². The standard InChI is InChI=1S/C35H31N2O5PS.BrH/c1-42-35(40)32-26(24-44(41)34-31(33(39)37(32)34)36-30(38)22-25-14-6-2-7-15-25)23-43(27-16-8-3-9-17-27,28-18-10-4-11-19-28)29-20-12-5-13-21-29;/h2-21,31,34H,22-24H2,1H3;1H/t31-,34-,44?;/m1./s1. The number of fused-ring (bicyclic) bond motifs is 1. The lowest BCUT2D eigenvalue weighted by Gasteiger charge is -2.49. The zero-order valence-electron chi connectivity index (χ0n) is 24.5. The number of carbonyl (C=O) groups excluding carboxylic acids is 3. The Morgan fingerprint density at radius 2 is 1.29 bits per heavy atom. The number of methoxy groups -OCH3 is 1. The van der Waals surface area contributed by atoms with Gasteiger partial charge in [0.1, 0.15) is 40.3 Å². The maximum absolute atomic E-state index is 13.9. The van der Waals surface area contributed by atoms with Crippen molar-refractivity contribution in [3.8, 4) is 0 Å². The summed E-state index contributed by atoms with van der Waals surface area (Å²) < 4.78 is 19.1. The minimum absolute atomic E-state index is 0. The first-order chi connectivity index (χ1) is 21.4. The summed E-state index contributed by atoms with van der Waals surface area (Å²) in [5, 5.41) is 5.22. The van der Waals surface area contributed by atoms with Gasteiger partial charge in [0.2, 0.25) is 5.91 Å². The molecular formula is C35H32BrN2O5PS. The second-order valence-corrected chi connectivity index (χ2v) is 15.8. The summed E-state index contributed by atoms with van der Waals surface area (Å²) in [7, 11) is -2.75. The van der Waals surface area contributed by atoms with Crippen LogP contribution in [0.25, 0.3) is 0 Å². The minimum atomic E-state index is -2.46. The molecule has 0 radical (unpaired) electrons. The molecule has 7 nitrogen and oxygen atoms in total. The predicted molar refractivity (Wildman–Crippen MR) is 175 cm³/mol. The van der Waals surface area contributed by atoms with Gasteiger partial charge in [-0.25, -0.2) is 4.79 Å². The van der Waals surface area contributed by atoms with Gasteiger partial charge in [0.15, 0.2) is 0 Å². The number of ether oxygens (including phenoxy) is 1. The number of hydrogen-bond donors (Lipinski definition) is 1. The highest BCUT2D eigenvalue weighted by atomic mass is 79.9. The van der Waals surface area contributed by atoms with Crippen molar-refractivity contribution < 1.29 is 40.3 Å². The number of halogens is 1. The quantitative estimate of drug-likeness (QED) is 0.152. The van der Waals surface area contributed by atoms with Gasteiger partial charge in [-0.2, -0.15) is 0 Å². The predicted octanol–water partition coefficient (Wildman–Crippen LogP) is 0.0697. The van der Waals surface area contributed by atoms with E-state index >= 15 is 0 Å². The third-order valence-electron chi connectivity index (χ3n) is 8.13. The Labute approximate surface area is 276 Å². The van der Waals surface area contributed by atoms with Crippen molar-refractivity contribution >= 4 is 51.8 Å². The third-order valence-corrected chi connectivity index (χ3v) is 14.2. The SMILES string of the molecule is COC(=O)C1=C(C[P+](c2ccccc2)(c2ccccc2)c2ccccc2)CS(=O)[C@@H]2[C@H](NC(=O)Cc3ccccc3)C(=O)N12.[Br-]. The molecule has 10 heteroatoms. The van der Waals surface area contributed by atoms with Gasteiger partial charge < -0.3 is 27.0 Å². The van der Waals surface area contributed by atoms with Crippen LogP contribution in [0.5, 0.6) is 0 Å². The van der Waals surface area contributed by atoms with Gasteiger partial charge >= 0.3 is 5.97 Å². The molecule has 2 amide bonds. The zero-order valence-corrected chi connectivity index (χ0v) is 27.8. The van der Waals surface area contributed by atoms with E-state index in [0.717, 1.165) is 21.5 Å². The van der Waals surface area contributed by atoms with Crippen LogP contribution in [0.1, 0.15) is 5.56 Å². The molecule has 4 aromatic carbocycles. The van der Waals surface area contributed by atoms with Gasteiger partial charge in [-0.15, -0.1) is 0 Å². The van der Waals surface area contributed by atoms with Crippen LogP contribution in [-0.4, -0.2) is 57.3 Å². The second-order valence-electron chi connectivity index (χ2n) is 10.7. The number of hydrogen-bond acceptors (Lipinski definition) is 5. The summed E-state index contributed by atoms with van der Waals surface area (Å²) in [5.74, 6) is -1.39. The third kappa shape index (κ3) is 6.17. The van der Waals surface area contributed by atoms with E-state index in [1.807, 2.05) is 84.9 Å². The smallest absolute Gasteiger partial charge is 0.354 e. The first-order valence-corrected chi connectivity index (χ1v) is 17.7. The van der Waals surface area contributed by atoms with E-state index in [1.165, 1.54) is 12.0 Å². The molecule has 45 heavy (non-hydrogen) atoms. The topological polar surface area (TPSA) is 92.8 Å². The van der Waals surface area contributed by atoms with Crippen LogP contribution in [-0.2, 0) is 36.3 Å². The van der Waals surface area contributed by atoms with Gasteiger partial charge in [-0.1, -0.05) is 84.9 Å². The molecular weight excluding hydrogens is 671 g/mol. The Morgan fingerprint density at radius 3 is 1.76 bits per heavy atom. The summed E-state index contributed by atoms with van der Waals surface area (Å²) in [4.78, 5) is 41.2. The molecule has 0 saturated carbocycles. The average molecular weight is 704 g/mol. The van der Waals surface area contributed by atoms with E-state index < -0.39 is 41.4 Å². The summed E-state index contributed by atoms with van der Waals surface area (Å²) in [6.45, 7) is 0. The Balaban J connectivity index is 0.00000400. The van der Waals surface area contributed by atoms with Crippen molar-refractivity contribution in [1.29, 1.82) is 0 Å². The fourth-order valence-corrected chi connectivity index (χ4v) is 12.3. The Morgan fingerprint density at radius 1 is 0.822 bits per heavy atom. The molecule has 2 aliphatic rings. The highest BCUT2D eigenvalue weighted by Gasteiger charge is 2.59. The van der Waals surface area contributed by atoms with Crippen LogP contribution in [0.4, 0.5) is 0 Å². The molecule has 2 aliphatic heterocycles. The van der Waals surface area contributed by atoms with E-state index in [2.05, 4.69) is 41.7 Å². The van der Waals surface area contributed by atoms with Gasteiger partial charge in [-0.05, 0) is 42.0 Å². The lowest BCUT2D eigenvalue weighted by molar-refractivity contribution is -0.152. The van der Waals surface area contributed by atoms with Crippen molar-refractivity contribution in [1.82, 2.24) is 10.2 Å². The maximum Gasteiger partial charge on any atom is 0.354 e. The number of rotatable bonds is 9. The number of benzene rings is 4. The molecule has 0 aliphatic carbocycles. The molecule has 1 unspecified atom stereocenters. The minimum Gasteiger partial charge on any atom is -1.00 e. The van der Waals surface area contributed by atoms with E-state index in [1.54, 1.807) is 0 Å². The van der Waals surface area contributed by atoms with Crippen LogP contribution in [0.2, 0.25) is 0 Å². The zero-order chi connectivity index (χ0) is 30.7. The largest absolute Gasteiger partial charge is 1.00 e. The second kappa shape index (κ2) is 14.0. The first-order valence-electron chi connectivity index (χ1n) is 14.3. The van der Waals surface area contributed by atoms with Crippen LogP contribution < -0.4 is 38.2 Å². The average Bonchev–Trinajstić information content (AvgIpc) is 3.07. The van der Waals surface area contributed by atoms with Crippen molar-refractivity contribution in [2.75, 3.05) is 19.0 Å². The molecule has 0 aromatic heterocycles. The monoisotopic (exact) mass is 702 g/mol. The molecule has 6 rings (SSSR count). The molecule has 2 heterocycles. The number of esters is 1. The number of nitrogens with one attached hydrogen (secondary N) is 1. The van der Waals surface area contributed by atoms with Gasteiger partial charge in [0.05, 0.1) is 36.2 Å². The van der Waals surface area contributed by atoms with Gasteiger partial charge in [0.25, 0.3) is 5.91 Å².